The van der Waals surface area contributed by atoms with Crippen molar-refractivity contribution in [3.05, 3.63) is 73.0 Å². The van der Waals surface area contributed by atoms with Gasteiger partial charge in [-0.15, -0.1) is 13.2 Å². The van der Waals surface area contributed by atoms with Crippen LogP contribution >= 0.6 is 0 Å². The largest absolute Gasteiger partial charge is 0.374 e. The quantitative estimate of drug-likeness (QED) is 0.410. The van der Waals surface area contributed by atoms with E-state index in [1.807, 2.05) is 12.1 Å². The Bertz CT molecular complexity index is 672. The molecular weight excluding hydrogens is 324 g/mol. The van der Waals surface area contributed by atoms with Gasteiger partial charge in [0.05, 0.1) is 0 Å². The summed E-state index contributed by atoms with van der Waals surface area (Å²) in [6.07, 6.45) is 5.00. The van der Waals surface area contributed by atoms with Gasteiger partial charge in [0.25, 0.3) is 5.91 Å². The molecule has 0 atom stereocenters. The minimum absolute atomic E-state index is 0.158. The molecule has 5 nitrogen and oxygen atoms in total. The summed E-state index contributed by atoms with van der Waals surface area (Å²) >= 11 is 0. The van der Waals surface area contributed by atoms with Crippen LogP contribution in [0.5, 0.6) is 0 Å². The molecule has 0 spiro atoms. The zero-order valence-electron chi connectivity index (χ0n) is 15.2. The van der Waals surface area contributed by atoms with Crippen LogP contribution < -0.4 is 0 Å². The van der Waals surface area contributed by atoms with Crippen LogP contribution in [-0.2, 0) is 11.3 Å². The van der Waals surface area contributed by atoms with E-state index in [4.69, 9.17) is 0 Å². The number of nitriles is 1. The third-order valence-corrected chi connectivity index (χ3v) is 4.30. The van der Waals surface area contributed by atoms with Gasteiger partial charge in [-0.25, -0.2) is 0 Å². The molecule has 0 bridgehead atoms. The average Bonchev–Trinajstić information content (AvgIpc) is 2.67. The summed E-state index contributed by atoms with van der Waals surface area (Å²) in [6, 6.07) is 12.4. The first-order valence-corrected chi connectivity index (χ1v) is 8.81. The van der Waals surface area contributed by atoms with Crippen LogP contribution in [0.25, 0.3) is 0 Å². The number of hydrogen-bond acceptors (Lipinski definition) is 4. The number of carbonyl (C=O) groups is 1. The first-order valence-electron chi connectivity index (χ1n) is 8.81. The van der Waals surface area contributed by atoms with Crippen LogP contribution in [0.3, 0.4) is 0 Å². The summed E-state index contributed by atoms with van der Waals surface area (Å²) in [4.78, 5) is 18.5. The van der Waals surface area contributed by atoms with E-state index in [1.54, 1.807) is 23.3 Å². The van der Waals surface area contributed by atoms with Gasteiger partial charge in [-0.05, 0) is 5.56 Å². The van der Waals surface area contributed by atoms with E-state index in [1.165, 1.54) is 5.56 Å². The predicted octanol–water partition coefficient (Wildman–Crippen LogP) is 2.41. The molecule has 0 unspecified atom stereocenters. The van der Waals surface area contributed by atoms with Crippen molar-refractivity contribution in [3.63, 3.8) is 0 Å². The number of amides is 1. The van der Waals surface area contributed by atoms with Crippen molar-refractivity contribution in [1.29, 1.82) is 5.26 Å². The van der Waals surface area contributed by atoms with Crippen molar-refractivity contribution >= 4 is 5.91 Å². The van der Waals surface area contributed by atoms with E-state index in [-0.39, 0.29) is 11.5 Å². The lowest BCUT2D eigenvalue weighted by molar-refractivity contribution is -0.125. The van der Waals surface area contributed by atoms with Crippen molar-refractivity contribution in [3.8, 4) is 6.07 Å². The number of piperazine rings is 1. The van der Waals surface area contributed by atoms with Gasteiger partial charge < -0.3 is 9.80 Å². The summed E-state index contributed by atoms with van der Waals surface area (Å²) in [6.45, 7) is 12.5. The lowest BCUT2D eigenvalue weighted by atomic mass is 10.2. The maximum absolute atomic E-state index is 12.5. The van der Waals surface area contributed by atoms with Crippen LogP contribution in [0.1, 0.15) is 5.56 Å². The second kappa shape index (κ2) is 10.2. The Morgan fingerprint density at radius 2 is 1.73 bits per heavy atom. The van der Waals surface area contributed by atoms with Crippen LogP contribution in [0.4, 0.5) is 0 Å². The van der Waals surface area contributed by atoms with Crippen LogP contribution in [0, 0.1) is 11.3 Å². The molecule has 1 fully saturated rings. The first kappa shape index (κ1) is 19.5. The second-order valence-corrected chi connectivity index (χ2v) is 6.24. The van der Waals surface area contributed by atoms with E-state index in [0.29, 0.717) is 13.1 Å². The molecule has 2 rings (SSSR count). The molecule has 0 radical (unpaired) electrons. The Kier molecular flexibility index (Phi) is 7.66. The minimum Gasteiger partial charge on any atom is -0.374 e. The smallest absolute Gasteiger partial charge is 0.266 e. The summed E-state index contributed by atoms with van der Waals surface area (Å²) in [5.74, 6) is -0.279. The fourth-order valence-electron chi connectivity index (χ4n) is 2.93. The van der Waals surface area contributed by atoms with Crippen LogP contribution in [0.2, 0.25) is 0 Å². The molecule has 0 N–H and O–H groups in total. The third kappa shape index (κ3) is 5.61. The molecule has 1 aromatic rings. The zero-order chi connectivity index (χ0) is 18.8. The highest BCUT2D eigenvalue weighted by Crippen LogP contribution is 2.11. The SMILES string of the molecule is C=CCN(CC=C)C(=O)/C(C#N)=C\N1CCN(Cc2ccccc2)CC1. The molecule has 1 saturated heterocycles. The van der Waals surface area contributed by atoms with Gasteiger partial charge in [0.2, 0.25) is 0 Å². The van der Waals surface area contributed by atoms with E-state index in [0.717, 1.165) is 32.7 Å². The fourth-order valence-corrected chi connectivity index (χ4v) is 2.93. The third-order valence-electron chi connectivity index (χ3n) is 4.30. The van der Waals surface area contributed by atoms with Gasteiger partial charge in [-0.2, -0.15) is 5.26 Å². The predicted molar refractivity (Wildman–Crippen MR) is 104 cm³/mol. The molecule has 1 amide bonds. The molecular formula is C21H26N4O. The van der Waals surface area contributed by atoms with Gasteiger partial charge in [0.1, 0.15) is 11.6 Å². The van der Waals surface area contributed by atoms with E-state index >= 15 is 0 Å². The Morgan fingerprint density at radius 1 is 1.12 bits per heavy atom. The van der Waals surface area contributed by atoms with E-state index < -0.39 is 0 Å². The van der Waals surface area contributed by atoms with Crippen LogP contribution in [0.15, 0.2) is 67.4 Å². The number of carbonyl (C=O) groups excluding carboxylic acids is 1. The molecule has 1 heterocycles. The number of hydrogen-bond donors (Lipinski definition) is 0. The van der Waals surface area contributed by atoms with Gasteiger partial charge >= 0.3 is 0 Å². The Hall–Kier alpha value is -2.84. The van der Waals surface area contributed by atoms with Crippen molar-refractivity contribution in [2.45, 2.75) is 6.54 Å². The molecule has 0 saturated carbocycles. The standard InChI is InChI=1S/C21H26N4O/c1-3-10-25(11-4-2)21(26)20(16-22)18-24-14-12-23(13-15-24)17-19-8-6-5-7-9-19/h3-9,18H,1-2,10-15,17H2/b20-18-. The van der Waals surface area contributed by atoms with Crippen molar-refractivity contribution in [1.82, 2.24) is 14.7 Å². The molecule has 5 heteroatoms. The topological polar surface area (TPSA) is 50.6 Å². The number of nitrogens with zero attached hydrogens (tertiary/aromatic N) is 4. The van der Waals surface area contributed by atoms with Crippen molar-refractivity contribution in [2.75, 3.05) is 39.3 Å². The Morgan fingerprint density at radius 3 is 2.27 bits per heavy atom. The molecule has 0 aliphatic carbocycles. The molecule has 0 aromatic heterocycles. The molecule has 26 heavy (non-hydrogen) atoms. The highest BCUT2D eigenvalue weighted by atomic mass is 16.2. The second-order valence-electron chi connectivity index (χ2n) is 6.24. The number of benzene rings is 1. The van der Waals surface area contributed by atoms with Gasteiger partial charge in [0.15, 0.2) is 0 Å². The zero-order valence-corrected chi connectivity index (χ0v) is 15.2. The lowest BCUT2D eigenvalue weighted by Crippen LogP contribution is -2.44. The number of rotatable bonds is 8. The highest BCUT2D eigenvalue weighted by molar-refractivity contribution is 5.97. The normalized spacial score (nSPS) is 15.2. The van der Waals surface area contributed by atoms with E-state index in [9.17, 15) is 10.1 Å². The van der Waals surface area contributed by atoms with Gasteiger partial charge in [-0.3, -0.25) is 9.69 Å². The van der Waals surface area contributed by atoms with Crippen LogP contribution in [-0.4, -0.2) is 59.9 Å². The van der Waals surface area contributed by atoms with Gasteiger partial charge in [0, 0.05) is 52.0 Å². The van der Waals surface area contributed by atoms with E-state index in [2.05, 4.69) is 47.2 Å². The summed E-state index contributed by atoms with van der Waals surface area (Å²) < 4.78 is 0. The summed E-state index contributed by atoms with van der Waals surface area (Å²) in [5.41, 5.74) is 1.46. The maximum atomic E-state index is 12.5. The minimum atomic E-state index is -0.279. The maximum Gasteiger partial charge on any atom is 0.266 e. The highest BCUT2D eigenvalue weighted by Gasteiger charge is 2.20. The van der Waals surface area contributed by atoms with Gasteiger partial charge in [-0.1, -0.05) is 42.5 Å². The molecule has 1 aromatic carbocycles. The lowest BCUT2D eigenvalue weighted by Gasteiger charge is -2.34. The summed E-state index contributed by atoms with van der Waals surface area (Å²) in [5, 5.41) is 9.40. The molecule has 1 aliphatic rings. The van der Waals surface area contributed by atoms with Crippen molar-refractivity contribution in [2.24, 2.45) is 0 Å². The summed E-state index contributed by atoms with van der Waals surface area (Å²) in [7, 11) is 0. The molecule has 1 aliphatic heterocycles. The monoisotopic (exact) mass is 350 g/mol. The Labute approximate surface area is 156 Å². The molecule has 136 valence electrons. The average molecular weight is 350 g/mol. The fraction of sp³-hybridized carbons (Fsp3) is 0.333. The first-order chi connectivity index (χ1) is 12.7. The van der Waals surface area contributed by atoms with Crippen molar-refractivity contribution < 1.29 is 4.79 Å². The Balaban J connectivity index is 1.94.